The van der Waals surface area contributed by atoms with Crippen LogP contribution < -0.4 is 0 Å². The van der Waals surface area contributed by atoms with Crippen molar-refractivity contribution in [1.82, 2.24) is 19.3 Å². The van der Waals surface area contributed by atoms with Gasteiger partial charge >= 0.3 is 0 Å². The first-order valence-electron chi connectivity index (χ1n) is 6.27. The molecule has 0 fully saturated rings. The largest absolute Gasteiger partial charge is 0.322 e. The summed E-state index contributed by atoms with van der Waals surface area (Å²) in [5.74, 6) is 1.03. The van der Waals surface area contributed by atoms with Crippen LogP contribution in [0, 0.1) is 0 Å². The molecule has 2 aromatic heterocycles. The smallest absolute Gasteiger partial charge is 0.168 e. The van der Waals surface area contributed by atoms with Crippen molar-refractivity contribution in [3.63, 3.8) is 0 Å². The minimum Gasteiger partial charge on any atom is -0.322 e. The first-order valence-corrected chi connectivity index (χ1v) is 7.26. The van der Waals surface area contributed by atoms with E-state index >= 15 is 0 Å². The fourth-order valence-electron chi connectivity index (χ4n) is 2.18. The van der Waals surface area contributed by atoms with Crippen LogP contribution in [0.4, 0.5) is 0 Å². The lowest BCUT2D eigenvalue weighted by molar-refractivity contribution is 0.768. The topological polar surface area (TPSA) is 35.6 Å². The first-order chi connectivity index (χ1) is 9.19. The van der Waals surface area contributed by atoms with Gasteiger partial charge in [0.15, 0.2) is 5.16 Å². The minimum atomic E-state index is 1.03. The zero-order chi connectivity index (χ0) is 13.4. The van der Waals surface area contributed by atoms with Crippen LogP contribution in [0.5, 0.6) is 0 Å². The molecule has 0 aliphatic heterocycles. The molecular formula is C14H16N4S. The molecule has 0 saturated heterocycles. The minimum absolute atomic E-state index is 1.03. The van der Waals surface area contributed by atoms with Gasteiger partial charge in [-0.3, -0.25) is 4.68 Å². The van der Waals surface area contributed by atoms with Gasteiger partial charge in [-0.05, 0) is 23.4 Å². The lowest BCUT2D eigenvalue weighted by Crippen LogP contribution is -1.90. The molecule has 98 valence electrons. The van der Waals surface area contributed by atoms with Crippen molar-refractivity contribution in [2.75, 3.05) is 5.75 Å². The molecule has 4 nitrogen and oxygen atoms in total. The Hall–Kier alpha value is -1.75. The summed E-state index contributed by atoms with van der Waals surface area (Å²) >= 11 is 1.77. The van der Waals surface area contributed by atoms with Gasteiger partial charge in [0.05, 0.1) is 17.2 Å². The predicted molar refractivity (Wildman–Crippen MR) is 79.3 cm³/mol. The normalized spacial score (nSPS) is 11.3. The number of aryl methyl sites for hydroxylation is 2. The van der Waals surface area contributed by atoms with Crippen LogP contribution in [0.15, 0.2) is 35.7 Å². The highest BCUT2D eigenvalue weighted by molar-refractivity contribution is 7.99. The molecule has 0 radical (unpaired) electrons. The van der Waals surface area contributed by atoms with E-state index in [-0.39, 0.29) is 0 Å². The van der Waals surface area contributed by atoms with Crippen LogP contribution in [-0.2, 0) is 14.1 Å². The van der Waals surface area contributed by atoms with Gasteiger partial charge < -0.3 is 4.57 Å². The number of rotatable bonds is 3. The number of aromatic nitrogens is 4. The molecule has 19 heavy (non-hydrogen) atoms. The summed E-state index contributed by atoms with van der Waals surface area (Å²) in [6, 6.07) is 6.36. The molecule has 0 amide bonds. The zero-order valence-electron chi connectivity index (χ0n) is 11.3. The summed E-state index contributed by atoms with van der Waals surface area (Å²) in [5.41, 5.74) is 4.52. The first kappa shape index (κ1) is 12.3. The third kappa shape index (κ3) is 2.14. The summed E-state index contributed by atoms with van der Waals surface area (Å²) in [4.78, 5) is 4.65. The van der Waals surface area contributed by atoms with Gasteiger partial charge in [0.1, 0.15) is 0 Å². The predicted octanol–water partition coefficient (Wildman–Crippen LogP) is 3.09. The number of hydrogen-bond donors (Lipinski definition) is 0. The Labute approximate surface area is 116 Å². The number of nitrogens with zero attached hydrogens (tertiary/aromatic N) is 4. The quantitative estimate of drug-likeness (QED) is 0.687. The second kappa shape index (κ2) is 4.74. The third-order valence-corrected chi connectivity index (χ3v) is 4.06. The van der Waals surface area contributed by atoms with Gasteiger partial charge in [-0.25, -0.2) is 4.98 Å². The Bertz CT molecular complexity index is 726. The van der Waals surface area contributed by atoms with Gasteiger partial charge in [0.25, 0.3) is 0 Å². The number of thioether (sulfide) groups is 1. The highest BCUT2D eigenvalue weighted by Crippen LogP contribution is 2.27. The maximum Gasteiger partial charge on any atom is 0.168 e. The Balaban J connectivity index is 2.12. The molecule has 1 aromatic carbocycles. The lowest BCUT2D eigenvalue weighted by atomic mass is 10.1. The summed E-state index contributed by atoms with van der Waals surface area (Å²) in [6.45, 7) is 2.14. The SMILES string of the molecule is CCSc1nc2ccc(-c3cnn(C)c3)cc2n1C. The van der Waals surface area contributed by atoms with Crippen molar-refractivity contribution in [3.8, 4) is 11.1 Å². The van der Waals surface area contributed by atoms with Gasteiger partial charge in [0, 0.05) is 25.9 Å². The maximum absolute atomic E-state index is 4.65. The monoisotopic (exact) mass is 272 g/mol. The molecule has 0 atom stereocenters. The average molecular weight is 272 g/mol. The van der Waals surface area contributed by atoms with Crippen LogP contribution in [-0.4, -0.2) is 25.1 Å². The van der Waals surface area contributed by atoms with Crippen LogP contribution in [0.1, 0.15) is 6.92 Å². The molecule has 0 aliphatic rings. The third-order valence-electron chi connectivity index (χ3n) is 3.15. The molecule has 0 N–H and O–H groups in total. The fraction of sp³-hybridized carbons (Fsp3) is 0.286. The number of fused-ring (bicyclic) bond motifs is 1. The van der Waals surface area contributed by atoms with Gasteiger partial charge in [-0.2, -0.15) is 5.10 Å². The van der Waals surface area contributed by atoms with Crippen molar-refractivity contribution in [2.45, 2.75) is 12.1 Å². The summed E-state index contributed by atoms with van der Waals surface area (Å²) in [7, 11) is 4.00. The maximum atomic E-state index is 4.65. The van der Waals surface area contributed by atoms with E-state index in [0.29, 0.717) is 0 Å². The standard InChI is InChI=1S/C14H16N4S/c1-4-19-14-16-12-6-5-10(7-13(12)18(14)3)11-8-15-17(2)9-11/h5-9H,4H2,1-3H3. The van der Waals surface area contributed by atoms with Crippen molar-refractivity contribution in [3.05, 3.63) is 30.6 Å². The van der Waals surface area contributed by atoms with E-state index in [0.717, 1.165) is 27.5 Å². The molecular weight excluding hydrogens is 256 g/mol. The van der Waals surface area contributed by atoms with E-state index in [2.05, 4.69) is 46.8 Å². The Morgan fingerprint density at radius 2 is 2.05 bits per heavy atom. The molecule has 0 unspecified atom stereocenters. The Morgan fingerprint density at radius 3 is 2.74 bits per heavy atom. The summed E-state index contributed by atoms with van der Waals surface area (Å²) in [6.07, 6.45) is 3.92. The fourth-order valence-corrected chi connectivity index (χ4v) is 2.89. The highest BCUT2D eigenvalue weighted by atomic mass is 32.2. The van der Waals surface area contributed by atoms with Crippen molar-refractivity contribution in [1.29, 1.82) is 0 Å². The number of imidazole rings is 1. The summed E-state index contributed by atoms with van der Waals surface area (Å²) in [5, 5.41) is 5.29. The van der Waals surface area contributed by atoms with E-state index in [1.165, 1.54) is 5.56 Å². The van der Waals surface area contributed by atoms with Gasteiger partial charge in [0.2, 0.25) is 0 Å². The van der Waals surface area contributed by atoms with E-state index in [4.69, 9.17) is 0 Å². The average Bonchev–Trinajstić information content (AvgIpc) is 2.96. The van der Waals surface area contributed by atoms with Gasteiger partial charge in [-0.1, -0.05) is 24.8 Å². The number of hydrogen-bond acceptors (Lipinski definition) is 3. The Morgan fingerprint density at radius 1 is 1.21 bits per heavy atom. The van der Waals surface area contributed by atoms with Crippen molar-refractivity contribution < 1.29 is 0 Å². The van der Waals surface area contributed by atoms with E-state index in [1.807, 2.05) is 24.1 Å². The van der Waals surface area contributed by atoms with Crippen molar-refractivity contribution in [2.24, 2.45) is 14.1 Å². The molecule has 0 bridgehead atoms. The van der Waals surface area contributed by atoms with Gasteiger partial charge in [-0.15, -0.1) is 0 Å². The van der Waals surface area contributed by atoms with E-state index in [1.54, 1.807) is 11.8 Å². The molecule has 5 heteroatoms. The summed E-state index contributed by atoms with van der Waals surface area (Å²) < 4.78 is 3.98. The van der Waals surface area contributed by atoms with Crippen molar-refractivity contribution >= 4 is 22.8 Å². The Kier molecular flexibility index (Phi) is 3.06. The van der Waals surface area contributed by atoms with E-state index < -0.39 is 0 Å². The van der Waals surface area contributed by atoms with Crippen LogP contribution >= 0.6 is 11.8 Å². The van der Waals surface area contributed by atoms with Crippen LogP contribution in [0.2, 0.25) is 0 Å². The molecule has 3 rings (SSSR count). The molecule has 0 aliphatic carbocycles. The second-order valence-corrected chi connectivity index (χ2v) is 5.72. The highest BCUT2D eigenvalue weighted by Gasteiger charge is 2.09. The molecule has 0 saturated carbocycles. The zero-order valence-corrected chi connectivity index (χ0v) is 12.1. The molecule has 3 aromatic rings. The number of benzene rings is 1. The molecule has 0 spiro atoms. The van der Waals surface area contributed by atoms with Crippen LogP contribution in [0.25, 0.3) is 22.2 Å². The molecule has 2 heterocycles. The lowest BCUT2D eigenvalue weighted by Gasteiger charge is -2.01. The van der Waals surface area contributed by atoms with E-state index in [9.17, 15) is 0 Å². The van der Waals surface area contributed by atoms with Crippen LogP contribution in [0.3, 0.4) is 0 Å². The second-order valence-electron chi connectivity index (χ2n) is 4.49.